The minimum Gasteiger partial charge on any atom is -0.858 e. The van der Waals surface area contributed by atoms with Gasteiger partial charge in [0.2, 0.25) is 0 Å². The molecule has 0 saturated carbocycles. The topological polar surface area (TPSA) is 58.0 Å². The van der Waals surface area contributed by atoms with E-state index in [0.29, 0.717) is 6.29 Å². The van der Waals surface area contributed by atoms with Crippen molar-refractivity contribution in [3.63, 3.8) is 0 Å². The molecule has 48 valence electrons. The van der Waals surface area contributed by atoms with Gasteiger partial charge in [-0.25, -0.2) is 0 Å². The number of aldehydes is 1. The zero-order chi connectivity index (χ0) is 6.85. The van der Waals surface area contributed by atoms with Crippen molar-refractivity contribution >= 4 is 6.29 Å². The molecular weight excluding hydrogens is 143 g/mol. The summed E-state index contributed by atoms with van der Waals surface area (Å²) in [6.45, 7) is 0. The maximum absolute atomic E-state index is 10.7. The van der Waals surface area contributed by atoms with Crippen molar-refractivity contribution in [1.29, 1.82) is 0 Å². The van der Waals surface area contributed by atoms with Gasteiger partial charge in [0.15, 0.2) is 6.29 Å². The second-order valence-corrected chi connectivity index (χ2v) is 1.65. The molecule has 0 fully saturated rings. The predicted octanol–water partition coefficient (Wildman–Crippen LogP) is -3.69. The third-order valence-electron chi connectivity index (χ3n) is 1.04. The van der Waals surface area contributed by atoms with Gasteiger partial charge in [-0.1, -0.05) is 0 Å². The third kappa shape index (κ3) is 1.59. The summed E-state index contributed by atoms with van der Waals surface area (Å²) in [6, 6.07) is 0. The van der Waals surface area contributed by atoms with Gasteiger partial charge in [0.1, 0.15) is 0 Å². The van der Waals surface area contributed by atoms with E-state index in [1.54, 1.807) is 0 Å². The van der Waals surface area contributed by atoms with Crippen LogP contribution in [-0.2, 0) is 7.05 Å². The number of carbonyl (C=O) groups is 1. The zero-order valence-electron chi connectivity index (χ0n) is 5.87. The molecule has 0 aliphatic heterocycles. The Bertz CT molecular complexity index is 234. The fourth-order valence-electron chi connectivity index (χ4n) is 0.524. The largest absolute Gasteiger partial charge is 1.00 e. The summed E-state index contributed by atoms with van der Waals surface area (Å²) in [5.41, 5.74) is 0.109. The molecule has 1 heterocycles. The van der Waals surface area contributed by atoms with Gasteiger partial charge in [0.25, 0.3) is 0 Å². The smallest absolute Gasteiger partial charge is 0.858 e. The van der Waals surface area contributed by atoms with Crippen molar-refractivity contribution < 1.29 is 39.5 Å². The van der Waals surface area contributed by atoms with Gasteiger partial charge in [-0.15, -0.1) is 0 Å². The molecule has 1 aromatic heterocycles. The normalized spacial score (nSPS) is 8.50. The molecule has 0 atom stereocenters. The van der Waals surface area contributed by atoms with E-state index in [1.165, 1.54) is 13.2 Å². The van der Waals surface area contributed by atoms with Crippen LogP contribution in [0.3, 0.4) is 0 Å². The Morgan fingerprint density at radius 3 is 2.60 bits per heavy atom. The minimum absolute atomic E-state index is 0. The summed E-state index contributed by atoms with van der Waals surface area (Å²) in [4.78, 5) is 9.99. The fraction of sp³-hybridized carbons (Fsp3) is 0.200. The first-order valence-corrected chi connectivity index (χ1v) is 2.40. The van der Waals surface area contributed by atoms with Gasteiger partial charge in [-0.2, -0.15) is 5.10 Å². The molecule has 0 aliphatic carbocycles. The van der Waals surface area contributed by atoms with Crippen LogP contribution in [0.1, 0.15) is 10.4 Å². The molecule has 0 aromatic carbocycles. The fourth-order valence-corrected chi connectivity index (χ4v) is 0.524. The maximum atomic E-state index is 10.7. The average Bonchev–Trinajstić information content (AvgIpc) is 2.15. The van der Waals surface area contributed by atoms with Crippen LogP contribution in [-0.4, -0.2) is 16.1 Å². The molecule has 0 aliphatic rings. The number of aromatic nitrogens is 2. The van der Waals surface area contributed by atoms with E-state index in [-0.39, 0.29) is 41.0 Å². The van der Waals surface area contributed by atoms with Crippen LogP contribution in [0.15, 0.2) is 6.20 Å². The van der Waals surface area contributed by atoms with E-state index in [0.717, 1.165) is 4.68 Å². The van der Waals surface area contributed by atoms with Crippen LogP contribution in [0.2, 0.25) is 0 Å². The molecule has 0 radical (unpaired) electrons. The monoisotopic (exact) mass is 148 g/mol. The van der Waals surface area contributed by atoms with Gasteiger partial charge >= 0.3 is 29.6 Å². The Morgan fingerprint density at radius 2 is 2.40 bits per heavy atom. The first-order valence-electron chi connectivity index (χ1n) is 2.40. The van der Waals surface area contributed by atoms with Gasteiger partial charge in [-0.05, 0) is 5.88 Å². The molecular formula is C5H5N2NaO2. The van der Waals surface area contributed by atoms with Crippen molar-refractivity contribution in [3.8, 4) is 5.88 Å². The van der Waals surface area contributed by atoms with Crippen molar-refractivity contribution in [2.24, 2.45) is 7.05 Å². The summed E-state index contributed by atoms with van der Waals surface area (Å²) in [5, 5.41) is 14.2. The van der Waals surface area contributed by atoms with Crippen LogP contribution in [0, 0.1) is 0 Å². The standard InChI is InChI=1S/C5H6N2O2.Na/c1-7-5(9)4(3-8)2-6-7;/h2-3,9H,1H3;/q;+1/p-1. The molecule has 5 heteroatoms. The number of hydrogen-bond acceptors (Lipinski definition) is 3. The second-order valence-electron chi connectivity index (χ2n) is 1.65. The van der Waals surface area contributed by atoms with Crippen molar-refractivity contribution in [2.75, 3.05) is 0 Å². The van der Waals surface area contributed by atoms with Crippen LogP contribution < -0.4 is 34.7 Å². The van der Waals surface area contributed by atoms with Crippen LogP contribution in [0.5, 0.6) is 5.88 Å². The maximum Gasteiger partial charge on any atom is 1.00 e. The van der Waals surface area contributed by atoms with Gasteiger partial charge in [0.05, 0.1) is 6.20 Å². The quantitative estimate of drug-likeness (QED) is 0.304. The number of nitrogens with zero attached hydrogens (tertiary/aromatic N) is 2. The first-order chi connectivity index (χ1) is 4.25. The summed E-state index contributed by atoms with van der Waals surface area (Å²) in [6.07, 6.45) is 1.74. The third-order valence-corrected chi connectivity index (χ3v) is 1.04. The second kappa shape index (κ2) is 3.75. The van der Waals surface area contributed by atoms with Gasteiger partial charge < -0.3 is 5.11 Å². The molecule has 0 spiro atoms. The molecule has 1 rings (SSSR count). The Hall–Kier alpha value is -0.320. The van der Waals surface area contributed by atoms with E-state index in [1.807, 2.05) is 0 Å². The van der Waals surface area contributed by atoms with E-state index < -0.39 is 0 Å². The zero-order valence-corrected chi connectivity index (χ0v) is 7.87. The molecule has 0 unspecified atom stereocenters. The average molecular weight is 148 g/mol. The first kappa shape index (κ1) is 9.68. The Morgan fingerprint density at radius 1 is 1.80 bits per heavy atom. The Kier molecular flexibility index (Phi) is 3.63. The van der Waals surface area contributed by atoms with Crippen LogP contribution in [0.25, 0.3) is 0 Å². The SMILES string of the molecule is Cn1ncc(C=O)c1[O-].[Na+]. The summed E-state index contributed by atoms with van der Waals surface area (Å²) in [5.74, 6) is -0.343. The van der Waals surface area contributed by atoms with Crippen LogP contribution >= 0.6 is 0 Å². The molecule has 4 nitrogen and oxygen atoms in total. The van der Waals surface area contributed by atoms with Gasteiger partial charge in [0, 0.05) is 12.6 Å². The molecule has 0 amide bonds. The number of rotatable bonds is 1. The number of aryl methyl sites for hydroxylation is 1. The van der Waals surface area contributed by atoms with E-state index in [9.17, 15) is 9.90 Å². The molecule has 0 N–H and O–H groups in total. The minimum atomic E-state index is -0.343. The molecule has 0 saturated heterocycles. The molecule has 1 aromatic rings. The molecule has 10 heavy (non-hydrogen) atoms. The number of hydrogen-bond donors (Lipinski definition) is 0. The molecule has 0 bridgehead atoms. The van der Waals surface area contributed by atoms with E-state index >= 15 is 0 Å². The summed E-state index contributed by atoms with van der Waals surface area (Å²) < 4.78 is 1.11. The van der Waals surface area contributed by atoms with Crippen molar-refractivity contribution in [3.05, 3.63) is 11.8 Å². The number of carbonyl (C=O) groups excluding carboxylic acids is 1. The summed E-state index contributed by atoms with van der Waals surface area (Å²) in [7, 11) is 1.50. The van der Waals surface area contributed by atoms with E-state index in [4.69, 9.17) is 0 Å². The predicted molar refractivity (Wildman–Crippen MR) is 28.0 cm³/mol. The van der Waals surface area contributed by atoms with Gasteiger partial charge in [-0.3, -0.25) is 9.48 Å². The van der Waals surface area contributed by atoms with Crippen molar-refractivity contribution in [1.82, 2.24) is 9.78 Å². The van der Waals surface area contributed by atoms with E-state index in [2.05, 4.69) is 5.10 Å². The van der Waals surface area contributed by atoms with Crippen LogP contribution in [0.4, 0.5) is 0 Å². The Balaban J connectivity index is 0.000000810. The summed E-state index contributed by atoms with van der Waals surface area (Å²) >= 11 is 0. The van der Waals surface area contributed by atoms with Crippen molar-refractivity contribution in [2.45, 2.75) is 0 Å². The Labute approximate surface area is 80.1 Å².